The molecule has 1 aliphatic rings. The summed E-state index contributed by atoms with van der Waals surface area (Å²) in [6, 6.07) is 20.1. The van der Waals surface area contributed by atoms with Crippen molar-refractivity contribution in [1.82, 2.24) is 4.57 Å². The van der Waals surface area contributed by atoms with Crippen LogP contribution in [0, 0.1) is 18.5 Å². The van der Waals surface area contributed by atoms with E-state index in [1.54, 1.807) is 30.5 Å². The first-order valence-corrected chi connectivity index (χ1v) is 16.7. The molecule has 1 atom stereocenters. The lowest BCUT2D eigenvalue weighted by atomic mass is 9.96. The number of thiazole rings is 1. The number of fused-ring (bicyclic) bond motifs is 1. The number of allylic oxidation sites excluding steroid dienone is 1. The van der Waals surface area contributed by atoms with Gasteiger partial charge in [0, 0.05) is 0 Å². The Kier molecular flexibility index (Phi) is 10.2. The second-order valence-electron chi connectivity index (χ2n) is 9.72. The van der Waals surface area contributed by atoms with Gasteiger partial charge in [-0.1, -0.05) is 35.6 Å². The van der Waals surface area contributed by atoms with E-state index in [9.17, 15) is 9.59 Å². The molecule has 0 radical (unpaired) electrons. The van der Waals surface area contributed by atoms with Crippen molar-refractivity contribution >= 4 is 68.6 Å². The smallest absolute Gasteiger partial charge is 0.338 e. The molecule has 0 bridgehead atoms. The van der Waals surface area contributed by atoms with Crippen molar-refractivity contribution in [3.8, 4) is 17.6 Å². The quantitative estimate of drug-likeness (QED) is 0.155. The number of carbonyl (C=O) groups is 1. The minimum atomic E-state index is -0.693. The zero-order valence-corrected chi connectivity index (χ0v) is 29.2. The topological polar surface area (TPSA) is 103 Å². The van der Waals surface area contributed by atoms with Gasteiger partial charge in [0.05, 0.1) is 53.8 Å². The van der Waals surface area contributed by atoms with Gasteiger partial charge in [0.25, 0.3) is 5.56 Å². The second kappa shape index (κ2) is 14.1. The van der Waals surface area contributed by atoms with Gasteiger partial charge < -0.3 is 14.2 Å². The monoisotopic (exact) mass is 831 g/mol. The molecule has 0 spiro atoms. The van der Waals surface area contributed by atoms with Gasteiger partial charge in [0.2, 0.25) is 0 Å². The lowest BCUT2D eigenvalue weighted by molar-refractivity contribution is -0.139. The van der Waals surface area contributed by atoms with Crippen molar-refractivity contribution in [1.29, 1.82) is 5.26 Å². The zero-order valence-electron chi connectivity index (χ0n) is 24.1. The largest absolute Gasteiger partial charge is 0.494 e. The van der Waals surface area contributed by atoms with E-state index >= 15 is 0 Å². The van der Waals surface area contributed by atoms with Gasteiger partial charge in [-0.2, -0.15) is 5.26 Å². The number of ether oxygens (including phenoxy) is 3. The number of rotatable bonds is 9. The lowest BCUT2D eigenvalue weighted by Crippen LogP contribution is -2.39. The number of esters is 1. The van der Waals surface area contributed by atoms with Gasteiger partial charge in [-0.05, 0) is 125 Å². The number of carbonyl (C=O) groups excluding carboxylic acids is 1. The third-order valence-corrected chi connectivity index (χ3v) is 9.39. The number of aromatic nitrogens is 1. The lowest BCUT2D eigenvalue weighted by Gasteiger charge is -2.24. The van der Waals surface area contributed by atoms with Crippen molar-refractivity contribution < 1.29 is 19.0 Å². The highest BCUT2D eigenvalue weighted by Crippen LogP contribution is 2.32. The van der Waals surface area contributed by atoms with E-state index in [1.165, 1.54) is 11.3 Å². The maximum Gasteiger partial charge on any atom is 0.338 e. The third-order valence-electron chi connectivity index (χ3n) is 6.81. The Morgan fingerprint density at radius 2 is 1.73 bits per heavy atom. The Labute approximate surface area is 285 Å². The molecular formula is C33H27I2N3O5S. The molecule has 2 heterocycles. The van der Waals surface area contributed by atoms with Gasteiger partial charge in [-0.15, -0.1) is 0 Å². The maximum absolute atomic E-state index is 14.0. The summed E-state index contributed by atoms with van der Waals surface area (Å²) >= 11 is 5.75. The number of benzene rings is 3. The summed E-state index contributed by atoms with van der Waals surface area (Å²) in [5.74, 6) is 0.956. The van der Waals surface area contributed by atoms with Crippen LogP contribution < -0.4 is 24.4 Å². The zero-order chi connectivity index (χ0) is 31.4. The van der Waals surface area contributed by atoms with Crippen LogP contribution in [0.1, 0.15) is 49.1 Å². The molecule has 8 nitrogen and oxygen atoms in total. The van der Waals surface area contributed by atoms with Gasteiger partial charge in [0.15, 0.2) is 4.80 Å². The third kappa shape index (κ3) is 6.77. The highest BCUT2D eigenvalue weighted by atomic mass is 127. The van der Waals surface area contributed by atoms with E-state index in [1.807, 2.05) is 61.5 Å². The standard InChI is InChI=1S/C33H27I2N3O5S/c1-4-41-24-12-10-23(11-13-24)29-28(32(40)42-5-2)19(3)37-33-38(29)31(39)27(44-33)16-22-14-25(34)30(26(35)15-22)43-18-21-8-6-20(17-36)7-9-21/h6-16,29H,4-5,18H2,1-3H3/b27-16-/t29-/m0/s1. The van der Waals surface area contributed by atoms with Gasteiger partial charge in [0.1, 0.15) is 18.1 Å². The van der Waals surface area contributed by atoms with Crippen LogP contribution in [-0.4, -0.2) is 23.8 Å². The fraction of sp³-hybridized carbons (Fsp3) is 0.212. The van der Waals surface area contributed by atoms with E-state index in [0.29, 0.717) is 45.1 Å². The molecule has 0 unspecified atom stereocenters. The molecule has 4 aromatic rings. The van der Waals surface area contributed by atoms with E-state index in [4.69, 9.17) is 19.5 Å². The fourth-order valence-electron chi connectivity index (χ4n) is 4.80. The van der Waals surface area contributed by atoms with Crippen LogP contribution in [0.15, 0.2) is 81.7 Å². The minimum absolute atomic E-state index is 0.209. The highest BCUT2D eigenvalue weighted by Gasteiger charge is 2.33. The molecule has 224 valence electrons. The molecule has 1 aromatic heterocycles. The average molecular weight is 831 g/mol. The van der Waals surface area contributed by atoms with E-state index < -0.39 is 12.0 Å². The van der Waals surface area contributed by atoms with Crippen molar-refractivity contribution in [2.45, 2.75) is 33.4 Å². The molecule has 0 fully saturated rings. The molecule has 0 amide bonds. The molecule has 5 rings (SSSR count). The van der Waals surface area contributed by atoms with Crippen LogP contribution in [0.4, 0.5) is 0 Å². The molecule has 1 aliphatic heterocycles. The normalized spacial score (nSPS) is 14.5. The first-order valence-electron chi connectivity index (χ1n) is 13.8. The van der Waals surface area contributed by atoms with Crippen LogP contribution in [0.2, 0.25) is 0 Å². The number of hydrogen-bond acceptors (Lipinski definition) is 8. The summed E-state index contributed by atoms with van der Waals surface area (Å²) in [6.07, 6.45) is 1.84. The summed E-state index contributed by atoms with van der Waals surface area (Å²) in [5.41, 5.74) is 3.77. The van der Waals surface area contributed by atoms with Crippen LogP contribution in [0.25, 0.3) is 6.08 Å². The molecular weight excluding hydrogens is 804 g/mol. The Bertz CT molecular complexity index is 1950. The Hall–Kier alpha value is -3.48. The molecule has 0 aliphatic carbocycles. The van der Waals surface area contributed by atoms with Gasteiger partial charge >= 0.3 is 5.97 Å². The predicted octanol–water partition coefficient (Wildman–Crippen LogP) is 5.86. The van der Waals surface area contributed by atoms with Gasteiger partial charge in [-0.3, -0.25) is 9.36 Å². The van der Waals surface area contributed by atoms with E-state index in [2.05, 4.69) is 56.2 Å². The highest BCUT2D eigenvalue weighted by molar-refractivity contribution is 14.1. The summed E-state index contributed by atoms with van der Waals surface area (Å²) < 4.78 is 21.0. The summed E-state index contributed by atoms with van der Waals surface area (Å²) in [6.45, 7) is 6.54. The first kappa shape index (κ1) is 31.9. The number of halogens is 2. The fourth-order valence-corrected chi connectivity index (χ4v) is 7.98. The van der Waals surface area contributed by atoms with Crippen LogP contribution in [-0.2, 0) is 16.1 Å². The number of nitrogens with zero attached hydrogens (tertiary/aromatic N) is 3. The van der Waals surface area contributed by atoms with Crippen molar-refractivity contribution in [2.24, 2.45) is 4.99 Å². The molecule has 44 heavy (non-hydrogen) atoms. The van der Waals surface area contributed by atoms with E-state index in [0.717, 1.165) is 29.6 Å². The number of nitriles is 1. The van der Waals surface area contributed by atoms with Crippen molar-refractivity contribution in [2.75, 3.05) is 13.2 Å². The number of hydrogen-bond donors (Lipinski definition) is 0. The van der Waals surface area contributed by atoms with Crippen LogP contribution >= 0.6 is 56.5 Å². The van der Waals surface area contributed by atoms with Crippen LogP contribution in [0.3, 0.4) is 0 Å². The molecule has 11 heteroatoms. The minimum Gasteiger partial charge on any atom is -0.494 e. The predicted molar refractivity (Wildman–Crippen MR) is 185 cm³/mol. The van der Waals surface area contributed by atoms with E-state index in [-0.39, 0.29) is 12.2 Å². The summed E-state index contributed by atoms with van der Waals surface area (Å²) in [5, 5.41) is 9.03. The average Bonchev–Trinajstić information content (AvgIpc) is 3.30. The van der Waals surface area contributed by atoms with Crippen LogP contribution in [0.5, 0.6) is 11.5 Å². The summed E-state index contributed by atoms with van der Waals surface area (Å²) in [4.78, 5) is 32.3. The second-order valence-corrected chi connectivity index (χ2v) is 13.0. The molecule has 0 saturated carbocycles. The Balaban J connectivity index is 1.52. The molecule has 3 aromatic carbocycles. The van der Waals surface area contributed by atoms with Gasteiger partial charge in [-0.25, -0.2) is 9.79 Å². The SMILES string of the molecule is CCOC(=O)C1=C(C)N=c2s/c(=C\c3cc(I)c(OCc4ccc(C#N)cc4)c(I)c3)c(=O)n2[C@H]1c1ccc(OCC)cc1. The van der Waals surface area contributed by atoms with Crippen molar-refractivity contribution in [3.63, 3.8) is 0 Å². The Morgan fingerprint density at radius 1 is 1.05 bits per heavy atom. The molecule has 0 saturated heterocycles. The molecule has 0 N–H and O–H groups in total. The van der Waals surface area contributed by atoms with Crippen molar-refractivity contribution in [3.05, 3.63) is 121 Å². The maximum atomic E-state index is 14.0. The summed E-state index contributed by atoms with van der Waals surface area (Å²) in [7, 11) is 0. The Morgan fingerprint density at radius 3 is 2.34 bits per heavy atom. The first-order chi connectivity index (χ1) is 21.2.